The number of likely N-dealkylation sites (tertiary alicyclic amines) is 1. The van der Waals surface area contributed by atoms with Crippen LogP contribution in [0.1, 0.15) is 36.7 Å². The van der Waals surface area contributed by atoms with E-state index in [1.165, 1.54) is 5.56 Å². The van der Waals surface area contributed by atoms with Crippen molar-refractivity contribution in [1.29, 1.82) is 5.41 Å². The van der Waals surface area contributed by atoms with Gasteiger partial charge in [0.15, 0.2) is 0 Å². The summed E-state index contributed by atoms with van der Waals surface area (Å²) in [4.78, 5) is 20.3. The van der Waals surface area contributed by atoms with E-state index in [2.05, 4.69) is 42.1 Å². The lowest BCUT2D eigenvalue weighted by Gasteiger charge is -2.36. The van der Waals surface area contributed by atoms with Crippen molar-refractivity contribution in [2.75, 3.05) is 23.7 Å². The predicted octanol–water partition coefficient (Wildman–Crippen LogP) is 5.31. The van der Waals surface area contributed by atoms with Gasteiger partial charge in [0.05, 0.1) is 17.1 Å². The van der Waals surface area contributed by atoms with E-state index in [0.717, 1.165) is 77.0 Å². The summed E-state index contributed by atoms with van der Waals surface area (Å²) in [5, 5.41) is 14.3. The first-order valence-corrected chi connectivity index (χ1v) is 14.5. The normalized spacial score (nSPS) is 15.2. The maximum Gasteiger partial charge on any atom is 0.241 e. The van der Waals surface area contributed by atoms with E-state index in [4.69, 9.17) is 16.1 Å². The fraction of sp³-hybridized carbons (Fsp3) is 0.323. The Morgan fingerprint density at radius 3 is 2.52 bits per heavy atom. The number of fused-ring (bicyclic) bond motifs is 1. The molecule has 1 saturated heterocycles. The molecular weight excluding hydrogens is 566 g/mol. The van der Waals surface area contributed by atoms with Gasteiger partial charge in [-0.2, -0.15) is 0 Å². The van der Waals surface area contributed by atoms with Crippen LogP contribution in [-0.2, 0) is 24.7 Å². The molecule has 4 aromatic rings. The maximum absolute atomic E-state index is 13.1. The van der Waals surface area contributed by atoms with Crippen molar-refractivity contribution in [3.05, 3.63) is 88.2 Å². The van der Waals surface area contributed by atoms with Gasteiger partial charge in [0.25, 0.3) is 0 Å². The van der Waals surface area contributed by atoms with Gasteiger partial charge in [-0.25, -0.2) is 4.98 Å². The Kier molecular flexibility index (Phi) is 8.52. The highest BCUT2D eigenvalue weighted by molar-refractivity contribution is 9.10. The highest BCUT2D eigenvalue weighted by Gasteiger charge is 2.27. The number of rotatable bonds is 9. The number of hydrogen-bond acceptors (Lipinski definition) is 5. The summed E-state index contributed by atoms with van der Waals surface area (Å²) in [6, 6.07) is 22.1. The SMILES string of the molecule is CC(C(=O)Nc1ccc2c(c1)nc(CCc1ccc(C(=N)N)cc1)n2C)N1CCC(Nc2ccccc2Br)CC1. The van der Waals surface area contributed by atoms with Crippen LogP contribution in [0, 0.1) is 5.41 Å². The van der Waals surface area contributed by atoms with Gasteiger partial charge in [0.1, 0.15) is 11.7 Å². The number of nitrogens with one attached hydrogen (secondary N) is 3. The summed E-state index contributed by atoms with van der Waals surface area (Å²) >= 11 is 3.61. The maximum atomic E-state index is 13.1. The van der Waals surface area contributed by atoms with E-state index < -0.39 is 0 Å². The molecule has 0 spiro atoms. The lowest BCUT2D eigenvalue weighted by atomic mass is 10.0. The minimum atomic E-state index is -0.214. The van der Waals surface area contributed by atoms with Crippen LogP contribution in [0.4, 0.5) is 11.4 Å². The molecule has 1 unspecified atom stereocenters. The van der Waals surface area contributed by atoms with Crippen LogP contribution in [0.25, 0.3) is 11.0 Å². The van der Waals surface area contributed by atoms with Crippen LogP contribution in [0.15, 0.2) is 71.2 Å². The second-order valence-electron chi connectivity index (χ2n) is 10.5. The molecule has 40 heavy (non-hydrogen) atoms. The molecule has 1 atom stereocenters. The molecule has 1 aliphatic rings. The number of amidine groups is 1. The number of nitrogens with zero attached hydrogens (tertiary/aromatic N) is 3. The van der Waals surface area contributed by atoms with Crippen LogP contribution in [0.3, 0.4) is 0 Å². The number of aryl methyl sites for hydroxylation is 3. The van der Waals surface area contributed by atoms with Crippen LogP contribution in [0.5, 0.6) is 0 Å². The first kappa shape index (κ1) is 27.9. The number of nitrogens with two attached hydrogens (primary N) is 1. The molecule has 0 saturated carbocycles. The van der Waals surface area contributed by atoms with Gasteiger partial charge >= 0.3 is 0 Å². The molecule has 5 N–H and O–H groups in total. The van der Waals surface area contributed by atoms with Crippen LogP contribution in [0.2, 0.25) is 0 Å². The molecule has 1 aliphatic heterocycles. The van der Waals surface area contributed by atoms with E-state index in [1.807, 2.05) is 74.6 Å². The van der Waals surface area contributed by atoms with Gasteiger partial charge < -0.3 is 20.9 Å². The lowest BCUT2D eigenvalue weighted by molar-refractivity contribution is -0.121. The molecule has 0 bridgehead atoms. The van der Waals surface area contributed by atoms with E-state index in [-0.39, 0.29) is 17.8 Å². The summed E-state index contributed by atoms with van der Waals surface area (Å²) in [6.45, 7) is 3.73. The third-order valence-electron chi connectivity index (χ3n) is 7.83. The predicted molar refractivity (Wildman–Crippen MR) is 166 cm³/mol. The molecule has 0 aliphatic carbocycles. The zero-order valence-electron chi connectivity index (χ0n) is 23.0. The highest BCUT2D eigenvalue weighted by Crippen LogP contribution is 2.26. The van der Waals surface area contributed by atoms with Crippen LogP contribution < -0.4 is 16.4 Å². The van der Waals surface area contributed by atoms with Crippen molar-refractivity contribution in [3.63, 3.8) is 0 Å². The number of carbonyl (C=O) groups excluding carboxylic acids is 1. The standard InChI is InChI=1S/C31H36BrN7O/c1-20(39-17-15-23(16-18-39)35-26-6-4-3-5-25(26)32)31(40)36-24-12-13-28-27(19-24)37-29(38(28)2)14-9-21-7-10-22(11-8-21)30(33)34/h3-8,10-13,19-20,23,35H,9,14-18H2,1-2H3,(H3,33,34)(H,36,40). The number of para-hydroxylation sites is 1. The van der Waals surface area contributed by atoms with Gasteiger partial charge in [-0.1, -0.05) is 36.4 Å². The quantitative estimate of drug-likeness (QED) is 0.153. The summed E-state index contributed by atoms with van der Waals surface area (Å²) in [7, 11) is 2.03. The molecule has 5 rings (SSSR count). The Morgan fingerprint density at radius 1 is 1.10 bits per heavy atom. The number of nitrogen functional groups attached to an aromatic ring is 1. The number of benzene rings is 3. The first-order valence-electron chi connectivity index (χ1n) is 13.7. The Bertz CT molecular complexity index is 1510. The molecule has 1 fully saturated rings. The van der Waals surface area contributed by atoms with E-state index in [0.29, 0.717) is 6.04 Å². The molecular formula is C31H36BrN7O. The molecule has 3 aromatic carbocycles. The highest BCUT2D eigenvalue weighted by atomic mass is 79.9. The van der Waals surface area contributed by atoms with Crippen LogP contribution >= 0.6 is 15.9 Å². The second-order valence-corrected chi connectivity index (χ2v) is 11.4. The number of aromatic nitrogens is 2. The van der Waals surface area contributed by atoms with Crippen molar-refractivity contribution < 1.29 is 4.79 Å². The molecule has 8 nitrogen and oxygen atoms in total. The Morgan fingerprint density at radius 2 is 1.82 bits per heavy atom. The number of hydrogen-bond donors (Lipinski definition) is 4. The summed E-state index contributed by atoms with van der Waals surface area (Å²) in [6.07, 6.45) is 3.60. The third-order valence-corrected chi connectivity index (χ3v) is 8.52. The second kappa shape index (κ2) is 12.2. The van der Waals surface area contributed by atoms with Crippen molar-refractivity contribution in [2.24, 2.45) is 12.8 Å². The van der Waals surface area contributed by atoms with Gasteiger partial charge in [-0.15, -0.1) is 0 Å². The Hall–Kier alpha value is -3.69. The summed E-state index contributed by atoms with van der Waals surface area (Å²) < 4.78 is 3.18. The Labute approximate surface area is 243 Å². The number of imidazole rings is 1. The average molecular weight is 603 g/mol. The smallest absolute Gasteiger partial charge is 0.241 e. The van der Waals surface area contributed by atoms with E-state index in [1.54, 1.807) is 0 Å². The number of halogens is 1. The minimum Gasteiger partial charge on any atom is -0.384 e. The monoisotopic (exact) mass is 601 g/mol. The zero-order chi connectivity index (χ0) is 28.2. The van der Waals surface area contributed by atoms with Crippen molar-refractivity contribution in [3.8, 4) is 0 Å². The number of anilines is 2. The topological polar surface area (TPSA) is 112 Å². The van der Waals surface area contributed by atoms with Gasteiger partial charge in [-0.05, 0) is 78.0 Å². The largest absolute Gasteiger partial charge is 0.384 e. The average Bonchev–Trinajstić information content (AvgIpc) is 3.27. The molecule has 2 heterocycles. The zero-order valence-corrected chi connectivity index (χ0v) is 24.5. The van der Waals surface area contributed by atoms with Gasteiger partial charge in [0.2, 0.25) is 5.91 Å². The fourth-order valence-corrected chi connectivity index (χ4v) is 5.70. The number of carbonyl (C=O) groups is 1. The molecule has 0 radical (unpaired) electrons. The summed E-state index contributed by atoms with van der Waals surface area (Å²) in [5.74, 6) is 1.07. The van der Waals surface area contributed by atoms with E-state index in [9.17, 15) is 4.79 Å². The van der Waals surface area contributed by atoms with Crippen molar-refractivity contribution in [2.45, 2.75) is 44.7 Å². The Balaban J connectivity index is 1.16. The minimum absolute atomic E-state index is 0.00160. The third kappa shape index (κ3) is 6.37. The number of piperidine rings is 1. The molecule has 1 amide bonds. The van der Waals surface area contributed by atoms with Gasteiger partial charge in [-0.3, -0.25) is 15.1 Å². The number of amides is 1. The molecule has 208 valence electrons. The molecule has 1 aromatic heterocycles. The lowest BCUT2D eigenvalue weighted by Crippen LogP contribution is -2.48. The van der Waals surface area contributed by atoms with Crippen molar-refractivity contribution in [1.82, 2.24) is 14.5 Å². The van der Waals surface area contributed by atoms with Crippen molar-refractivity contribution >= 4 is 50.1 Å². The molecule has 9 heteroatoms. The fourth-order valence-electron chi connectivity index (χ4n) is 5.30. The summed E-state index contributed by atoms with van der Waals surface area (Å²) in [5.41, 5.74) is 11.2. The first-order chi connectivity index (χ1) is 19.3. The van der Waals surface area contributed by atoms with E-state index >= 15 is 0 Å². The van der Waals surface area contributed by atoms with Crippen LogP contribution in [-0.4, -0.2) is 51.4 Å². The van der Waals surface area contributed by atoms with Gasteiger partial charge in [0, 0.05) is 54.0 Å².